The number of aliphatic hydroxyl groups is 1. The van der Waals surface area contributed by atoms with E-state index in [2.05, 4.69) is 43.7 Å². The summed E-state index contributed by atoms with van der Waals surface area (Å²) in [5.41, 5.74) is 4.56. The topological polar surface area (TPSA) is 149 Å². The number of hydrazone groups is 1. The van der Waals surface area contributed by atoms with E-state index < -0.39 is 24.3 Å². The summed E-state index contributed by atoms with van der Waals surface area (Å²) >= 11 is 3.49. The maximum absolute atomic E-state index is 12.4. The van der Waals surface area contributed by atoms with Gasteiger partial charge in [0.25, 0.3) is 0 Å². The summed E-state index contributed by atoms with van der Waals surface area (Å²) in [5.74, 6) is 1.25. The molecule has 1 aliphatic heterocycles. The molecule has 12 nitrogen and oxygen atoms in total. The highest BCUT2D eigenvalue weighted by atomic mass is 79.9. The summed E-state index contributed by atoms with van der Waals surface area (Å²) < 4.78 is 28.5. The summed E-state index contributed by atoms with van der Waals surface area (Å²) in [4.78, 5) is 24.6. The number of amides is 2. The van der Waals surface area contributed by atoms with Gasteiger partial charge >= 0.3 is 12.0 Å². The predicted octanol–water partition coefficient (Wildman–Crippen LogP) is 3.93. The molecule has 0 radical (unpaired) electrons. The Morgan fingerprint density at radius 3 is 2.57 bits per heavy atom. The van der Waals surface area contributed by atoms with Gasteiger partial charge in [0.15, 0.2) is 29.2 Å². The zero-order valence-electron chi connectivity index (χ0n) is 23.9. The zero-order valence-corrected chi connectivity index (χ0v) is 25.4. The van der Waals surface area contributed by atoms with Gasteiger partial charge in [-0.1, -0.05) is 18.7 Å². The van der Waals surface area contributed by atoms with Gasteiger partial charge in [-0.3, -0.25) is 5.43 Å². The number of urea groups is 1. The van der Waals surface area contributed by atoms with Crippen LogP contribution in [0.25, 0.3) is 0 Å². The normalized spacial score (nSPS) is 15.4. The fraction of sp³-hybridized carbons (Fsp3) is 0.345. The van der Waals surface area contributed by atoms with Crippen molar-refractivity contribution in [1.82, 2.24) is 16.1 Å². The van der Waals surface area contributed by atoms with Crippen LogP contribution >= 0.6 is 15.9 Å². The molecule has 3 rings (SSSR count). The molecule has 0 bridgehead atoms. The van der Waals surface area contributed by atoms with Gasteiger partial charge in [0.2, 0.25) is 0 Å². The van der Waals surface area contributed by atoms with Crippen LogP contribution in [0.1, 0.15) is 37.9 Å². The van der Waals surface area contributed by atoms with Gasteiger partial charge in [0.05, 0.1) is 42.6 Å². The second-order valence-corrected chi connectivity index (χ2v) is 9.63. The first kappa shape index (κ1) is 32.3. The molecule has 42 heavy (non-hydrogen) atoms. The molecule has 226 valence electrons. The zero-order chi connectivity index (χ0) is 30.6. The first-order chi connectivity index (χ1) is 20.2. The van der Waals surface area contributed by atoms with Crippen LogP contribution in [0.2, 0.25) is 0 Å². The number of allylic oxidation sites excluding steroid dienone is 1. The molecule has 2 aromatic carbocycles. The highest BCUT2D eigenvalue weighted by Crippen LogP contribution is 2.37. The van der Waals surface area contributed by atoms with Gasteiger partial charge in [0, 0.05) is 5.70 Å². The lowest BCUT2D eigenvalue weighted by atomic mass is 9.95. The largest absolute Gasteiger partial charge is 0.490 e. The molecular formula is C29H35BrN4O8. The molecule has 4 N–H and O–H groups in total. The van der Waals surface area contributed by atoms with Gasteiger partial charge in [-0.05, 0) is 72.1 Å². The number of nitrogens with one attached hydrogen (secondary N) is 3. The third-order valence-corrected chi connectivity index (χ3v) is 6.38. The summed E-state index contributed by atoms with van der Waals surface area (Å²) in [7, 11) is 1.27. The van der Waals surface area contributed by atoms with E-state index in [1.165, 1.54) is 13.3 Å². The predicted molar refractivity (Wildman–Crippen MR) is 160 cm³/mol. The van der Waals surface area contributed by atoms with Crippen LogP contribution in [0.15, 0.2) is 63.8 Å². The second kappa shape index (κ2) is 15.7. The van der Waals surface area contributed by atoms with Crippen LogP contribution < -0.4 is 35.0 Å². The molecule has 2 aromatic rings. The van der Waals surface area contributed by atoms with Crippen LogP contribution in [0.4, 0.5) is 4.79 Å². The minimum absolute atomic E-state index is 0.157. The number of hydrogen-bond donors (Lipinski definition) is 4. The quantitative estimate of drug-likeness (QED) is 0.0742. The Kier molecular flexibility index (Phi) is 12.1. The van der Waals surface area contributed by atoms with E-state index in [0.29, 0.717) is 64.1 Å². The molecular weight excluding hydrogens is 612 g/mol. The van der Waals surface area contributed by atoms with E-state index in [4.69, 9.17) is 23.7 Å². The molecule has 13 heteroatoms. The van der Waals surface area contributed by atoms with Crippen molar-refractivity contribution in [3.05, 3.63) is 69.9 Å². The number of methoxy groups -OCH3 is 1. The van der Waals surface area contributed by atoms with Crippen LogP contribution in [-0.2, 0) is 9.53 Å². The maximum atomic E-state index is 12.4. The highest BCUT2D eigenvalue weighted by Gasteiger charge is 2.32. The fourth-order valence-electron chi connectivity index (χ4n) is 4.03. The lowest BCUT2D eigenvalue weighted by Gasteiger charge is -2.28. The minimum atomic E-state index is -1.15. The minimum Gasteiger partial charge on any atom is -0.490 e. The number of aliphatic hydroxyl groups excluding tert-OH is 1. The number of rotatable bonds is 15. The molecule has 0 fully saturated rings. The van der Waals surface area contributed by atoms with Gasteiger partial charge in [-0.2, -0.15) is 5.10 Å². The second-order valence-electron chi connectivity index (χ2n) is 8.78. The van der Waals surface area contributed by atoms with Crippen molar-refractivity contribution in [1.29, 1.82) is 0 Å². The Morgan fingerprint density at radius 1 is 1.14 bits per heavy atom. The summed E-state index contributed by atoms with van der Waals surface area (Å²) in [6.07, 6.45) is 2.01. The van der Waals surface area contributed by atoms with Crippen LogP contribution in [0, 0.1) is 0 Å². The lowest BCUT2D eigenvalue weighted by molar-refractivity contribution is -0.136. The number of halogens is 1. The van der Waals surface area contributed by atoms with Crippen molar-refractivity contribution in [3.63, 3.8) is 0 Å². The number of carbonyl (C=O) groups excluding carboxylic acids is 2. The van der Waals surface area contributed by atoms with Crippen LogP contribution in [-0.4, -0.2) is 63.1 Å². The Balaban J connectivity index is 1.69. The summed E-state index contributed by atoms with van der Waals surface area (Å²) in [6.45, 7) is 9.92. The standard InChI is InChI=1S/C29H35BrN4O8/c1-6-11-41-27-20(30)12-18(13-23(27)40-8-3)15-31-34-24(35)16-42-21-10-9-19(14-22(21)39-7-2)26-25(28(36)38-5)17(4)32-29(37)33-26/h6,9-10,12-15,24,26,34-35H,1,7-8,11,16H2,2-5H3,(H2,32,33,37)/b31-15+/t24-,26+/m0/s1. The van der Waals surface area contributed by atoms with E-state index >= 15 is 0 Å². The summed E-state index contributed by atoms with van der Waals surface area (Å²) in [6, 6.07) is 7.36. The maximum Gasteiger partial charge on any atom is 0.337 e. The Bertz CT molecular complexity index is 1350. The number of esters is 1. The number of hydrogen-bond acceptors (Lipinski definition) is 10. The molecule has 0 saturated heterocycles. The molecule has 0 aromatic heterocycles. The van der Waals surface area contributed by atoms with Crippen molar-refractivity contribution < 1.29 is 38.4 Å². The van der Waals surface area contributed by atoms with Gasteiger partial charge < -0.3 is 39.4 Å². The van der Waals surface area contributed by atoms with E-state index in [0.717, 1.165) is 0 Å². The van der Waals surface area contributed by atoms with E-state index in [9.17, 15) is 14.7 Å². The third-order valence-electron chi connectivity index (χ3n) is 5.79. The fourth-order valence-corrected chi connectivity index (χ4v) is 4.60. The first-order valence-electron chi connectivity index (χ1n) is 13.1. The number of carbonyl (C=O) groups is 2. The molecule has 2 atom stereocenters. The Labute approximate surface area is 252 Å². The van der Waals surface area contributed by atoms with Crippen molar-refractivity contribution in [2.45, 2.75) is 33.0 Å². The molecule has 2 amide bonds. The van der Waals surface area contributed by atoms with Crippen molar-refractivity contribution in [2.24, 2.45) is 5.10 Å². The van der Waals surface area contributed by atoms with E-state index in [-0.39, 0.29) is 12.2 Å². The molecule has 1 heterocycles. The SMILES string of the molecule is C=CCOc1c(Br)cc(/C=N/N[C@@H](O)COc2ccc([C@H]3NC(=O)NC(C)=C3C(=O)OC)cc2OCC)cc1OCC. The first-order valence-corrected chi connectivity index (χ1v) is 13.9. The summed E-state index contributed by atoms with van der Waals surface area (Å²) in [5, 5.41) is 19.8. The molecule has 1 aliphatic rings. The highest BCUT2D eigenvalue weighted by molar-refractivity contribution is 9.10. The van der Waals surface area contributed by atoms with E-state index in [1.54, 1.807) is 43.3 Å². The van der Waals surface area contributed by atoms with Gasteiger partial charge in [-0.25, -0.2) is 9.59 Å². The molecule has 0 aliphatic carbocycles. The van der Waals surface area contributed by atoms with Crippen molar-refractivity contribution >= 4 is 34.1 Å². The average molecular weight is 648 g/mol. The Morgan fingerprint density at radius 2 is 1.88 bits per heavy atom. The lowest BCUT2D eigenvalue weighted by Crippen LogP contribution is -2.45. The van der Waals surface area contributed by atoms with Crippen LogP contribution in [0.5, 0.6) is 23.0 Å². The Hall–Kier alpha value is -4.23. The number of nitrogens with zero attached hydrogens (tertiary/aromatic N) is 1. The van der Waals surface area contributed by atoms with E-state index in [1.807, 2.05) is 13.8 Å². The van der Waals surface area contributed by atoms with Crippen LogP contribution in [0.3, 0.4) is 0 Å². The molecule has 0 unspecified atom stereocenters. The molecule has 0 spiro atoms. The average Bonchev–Trinajstić information content (AvgIpc) is 2.95. The molecule has 0 saturated carbocycles. The monoisotopic (exact) mass is 646 g/mol. The van der Waals surface area contributed by atoms with Gasteiger partial charge in [-0.15, -0.1) is 0 Å². The van der Waals surface area contributed by atoms with Crippen molar-refractivity contribution in [2.75, 3.05) is 33.5 Å². The smallest absolute Gasteiger partial charge is 0.337 e. The van der Waals surface area contributed by atoms with Crippen molar-refractivity contribution in [3.8, 4) is 23.0 Å². The number of benzene rings is 2. The third kappa shape index (κ3) is 8.40. The number of ether oxygens (including phenoxy) is 5. The van der Waals surface area contributed by atoms with Gasteiger partial charge in [0.1, 0.15) is 13.2 Å².